The van der Waals surface area contributed by atoms with Gasteiger partial charge < -0.3 is 5.11 Å². The molecule has 0 saturated carbocycles. The van der Waals surface area contributed by atoms with E-state index < -0.39 is 0 Å². The van der Waals surface area contributed by atoms with Crippen LogP contribution in [0.5, 0.6) is 0 Å². The number of hydrogen-bond acceptors (Lipinski definition) is 4. The second kappa shape index (κ2) is 7.71. The number of aliphatic hydroxyl groups excluding tert-OH is 1. The van der Waals surface area contributed by atoms with Gasteiger partial charge in [0.1, 0.15) is 12.2 Å². The van der Waals surface area contributed by atoms with Crippen LogP contribution in [0.1, 0.15) is 32.5 Å². The highest BCUT2D eigenvalue weighted by molar-refractivity contribution is 7.98. The Morgan fingerprint density at radius 1 is 1.47 bits per heavy atom. The van der Waals surface area contributed by atoms with E-state index in [1.165, 1.54) is 0 Å². The molecule has 1 aromatic heterocycles. The molecular weight excluding hydrogens is 234 g/mol. The van der Waals surface area contributed by atoms with Crippen molar-refractivity contribution in [2.45, 2.75) is 45.8 Å². The van der Waals surface area contributed by atoms with E-state index in [1.807, 2.05) is 16.4 Å². The van der Waals surface area contributed by atoms with Crippen molar-refractivity contribution in [3.05, 3.63) is 12.2 Å². The summed E-state index contributed by atoms with van der Waals surface area (Å²) in [6.07, 6.45) is 5.88. The van der Waals surface area contributed by atoms with Gasteiger partial charge in [0.2, 0.25) is 0 Å². The van der Waals surface area contributed by atoms with Crippen LogP contribution in [-0.4, -0.2) is 38.0 Å². The molecule has 0 aliphatic rings. The number of rotatable bonds is 8. The van der Waals surface area contributed by atoms with Crippen molar-refractivity contribution in [1.82, 2.24) is 14.8 Å². The highest BCUT2D eigenvalue weighted by atomic mass is 32.2. The largest absolute Gasteiger partial charge is 0.393 e. The summed E-state index contributed by atoms with van der Waals surface area (Å²) in [5.74, 6) is 2.55. The molecule has 1 rings (SSSR count). The van der Waals surface area contributed by atoms with E-state index in [2.05, 4.69) is 30.2 Å². The molecule has 0 saturated heterocycles. The normalized spacial score (nSPS) is 13.2. The maximum Gasteiger partial charge on any atom is 0.138 e. The van der Waals surface area contributed by atoms with Crippen LogP contribution in [0.3, 0.4) is 0 Å². The number of nitrogens with zero attached hydrogens (tertiary/aromatic N) is 3. The van der Waals surface area contributed by atoms with Crippen molar-refractivity contribution in [2.24, 2.45) is 5.92 Å². The lowest BCUT2D eigenvalue weighted by molar-refractivity contribution is 0.159. The summed E-state index contributed by atoms with van der Waals surface area (Å²) >= 11 is 1.82. The van der Waals surface area contributed by atoms with Gasteiger partial charge in [0.05, 0.1) is 6.10 Å². The Kier molecular flexibility index (Phi) is 6.58. The van der Waals surface area contributed by atoms with Crippen molar-refractivity contribution >= 4 is 11.8 Å². The predicted molar refractivity (Wildman–Crippen MR) is 72.2 cm³/mol. The second-order valence-electron chi connectivity index (χ2n) is 4.75. The summed E-state index contributed by atoms with van der Waals surface area (Å²) in [6.45, 7) is 5.17. The van der Waals surface area contributed by atoms with Crippen molar-refractivity contribution in [3.8, 4) is 0 Å². The van der Waals surface area contributed by atoms with Gasteiger partial charge in [-0.2, -0.15) is 16.9 Å². The zero-order valence-corrected chi connectivity index (χ0v) is 11.8. The third kappa shape index (κ3) is 5.55. The smallest absolute Gasteiger partial charge is 0.138 e. The molecule has 0 amide bonds. The number of hydrogen-bond donors (Lipinski definition) is 1. The van der Waals surface area contributed by atoms with Crippen LogP contribution in [0.2, 0.25) is 0 Å². The van der Waals surface area contributed by atoms with Gasteiger partial charge in [-0.25, -0.2) is 9.67 Å². The fourth-order valence-electron chi connectivity index (χ4n) is 1.72. The predicted octanol–water partition coefficient (Wildman–Crippen LogP) is 1.98. The minimum atomic E-state index is -0.294. The Morgan fingerprint density at radius 2 is 2.24 bits per heavy atom. The van der Waals surface area contributed by atoms with Crippen LogP contribution in [0.25, 0.3) is 0 Å². The van der Waals surface area contributed by atoms with Gasteiger partial charge in [-0.15, -0.1) is 0 Å². The van der Waals surface area contributed by atoms with Gasteiger partial charge in [-0.3, -0.25) is 0 Å². The molecule has 17 heavy (non-hydrogen) atoms. The summed E-state index contributed by atoms with van der Waals surface area (Å²) in [5, 5.41) is 14.1. The van der Waals surface area contributed by atoms with Gasteiger partial charge >= 0.3 is 0 Å². The van der Waals surface area contributed by atoms with Crippen molar-refractivity contribution in [1.29, 1.82) is 0 Å². The van der Waals surface area contributed by atoms with Crippen LogP contribution >= 0.6 is 11.8 Å². The summed E-state index contributed by atoms with van der Waals surface area (Å²) < 4.78 is 1.91. The molecule has 98 valence electrons. The van der Waals surface area contributed by atoms with Crippen LogP contribution in [0.15, 0.2) is 6.33 Å². The zero-order chi connectivity index (χ0) is 12.7. The average Bonchev–Trinajstić information content (AvgIpc) is 2.65. The summed E-state index contributed by atoms with van der Waals surface area (Å²) in [6, 6.07) is 0. The molecule has 0 spiro atoms. The van der Waals surface area contributed by atoms with Gasteiger partial charge in [0, 0.05) is 13.0 Å². The lowest BCUT2D eigenvalue weighted by Gasteiger charge is -2.12. The lowest BCUT2D eigenvalue weighted by Crippen LogP contribution is -2.17. The summed E-state index contributed by atoms with van der Waals surface area (Å²) in [5.41, 5.74) is 0. The third-order valence-corrected chi connectivity index (χ3v) is 3.23. The molecule has 0 fully saturated rings. The highest BCUT2D eigenvalue weighted by Crippen LogP contribution is 2.09. The van der Waals surface area contributed by atoms with E-state index in [0.717, 1.165) is 31.0 Å². The van der Waals surface area contributed by atoms with Crippen LogP contribution in [0.4, 0.5) is 0 Å². The van der Waals surface area contributed by atoms with Gasteiger partial charge in [-0.1, -0.05) is 13.8 Å². The third-order valence-electron chi connectivity index (χ3n) is 2.54. The van der Waals surface area contributed by atoms with Crippen molar-refractivity contribution < 1.29 is 5.11 Å². The zero-order valence-electron chi connectivity index (χ0n) is 11.0. The van der Waals surface area contributed by atoms with Gasteiger partial charge in [-0.05, 0) is 30.8 Å². The SMILES string of the molecule is CSCCCC(O)Cc1ncnn1CC(C)C. The van der Waals surface area contributed by atoms with Gasteiger partial charge in [0.15, 0.2) is 0 Å². The quantitative estimate of drug-likeness (QED) is 0.724. The van der Waals surface area contributed by atoms with E-state index in [0.29, 0.717) is 12.3 Å². The van der Waals surface area contributed by atoms with E-state index in [1.54, 1.807) is 6.33 Å². The Balaban J connectivity index is 2.41. The summed E-state index contributed by atoms with van der Waals surface area (Å²) in [7, 11) is 0. The maximum absolute atomic E-state index is 9.92. The molecule has 0 aliphatic carbocycles. The first-order chi connectivity index (χ1) is 8.13. The van der Waals surface area contributed by atoms with Crippen LogP contribution < -0.4 is 0 Å². The van der Waals surface area contributed by atoms with Crippen LogP contribution in [-0.2, 0) is 13.0 Å². The molecule has 0 aromatic carbocycles. The standard InChI is InChI=1S/C12H23N3OS/c1-10(2)8-15-12(13-9-14-15)7-11(16)5-4-6-17-3/h9-11,16H,4-8H2,1-3H3. The molecular formula is C12H23N3OS. The molecule has 4 nitrogen and oxygen atoms in total. The Bertz CT molecular complexity index is 314. The fourth-order valence-corrected chi connectivity index (χ4v) is 2.18. The van der Waals surface area contributed by atoms with Crippen molar-refractivity contribution in [2.75, 3.05) is 12.0 Å². The van der Waals surface area contributed by atoms with Gasteiger partial charge in [0.25, 0.3) is 0 Å². The summed E-state index contributed by atoms with van der Waals surface area (Å²) in [4.78, 5) is 4.22. The molecule has 1 aromatic rings. The average molecular weight is 257 g/mol. The highest BCUT2D eigenvalue weighted by Gasteiger charge is 2.11. The molecule has 0 bridgehead atoms. The fraction of sp³-hybridized carbons (Fsp3) is 0.833. The molecule has 1 unspecified atom stereocenters. The minimum absolute atomic E-state index is 0.294. The van der Waals surface area contributed by atoms with E-state index in [-0.39, 0.29) is 6.10 Å². The first kappa shape index (κ1) is 14.5. The van der Waals surface area contributed by atoms with Crippen molar-refractivity contribution in [3.63, 3.8) is 0 Å². The number of thioether (sulfide) groups is 1. The Hall–Kier alpha value is -0.550. The molecule has 1 heterocycles. The number of aliphatic hydroxyl groups is 1. The maximum atomic E-state index is 9.92. The first-order valence-electron chi connectivity index (χ1n) is 6.17. The Morgan fingerprint density at radius 3 is 2.88 bits per heavy atom. The Labute approximate surface area is 108 Å². The minimum Gasteiger partial charge on any atom is -0.393 e. The number of aromatic nitrogens is 3. The molecule has 1 atom stereocenters. The molecule has 0 aliphatic heterocycles. The van der Waals surface area contributed by atoms with E-state index in [9.17, 15) is 5.11 Å². The van der Waals surface area contributed by atoms with E-state index in [4.69, 9.17) is 0 Å². The molecule has 1 N–H and O–H groups in total. The molecule has 0 radical (unpaired) electrons. The molecule has 5 heteroatoms. The lowest BCUT2D eigenvalue weighted by atomic mass is 10.1. The van der Waals surface area contributed by atoms with E-state index >= 15 is 0 Å². The second-order valence-corrected chi connectivity index (χ2v) is 5.73. The first-order valence-corrected chi connectivity index (χ1v) is 7.56. The van der Waals surface area contributed by atoms with Crippen LogP contribution in [0, 0.1) is 5.92 Å². The monoisotopic (exact) mass is 257 g/mol. The topological polar surface area (TPSA) is 50.9 Å².